The predicted molar refractivity (Wildman–Crippen MR) is 57.3 cm³/mol. The minimum Gasteiger partial charge on any atom is -0.511 e. The molecule has 3 nitrogen and oxygen atoms in total. The topological polar surface area (TPSA) is 61.1 Å². The number of aliphatic hydroxyl groups is 1. The summed E-state index contributed by atoms with van der Waals surface area (Å²) in [7, 11) is 0. The van der Waals surface area contributed by atoms with Crippen LogP contribution in [-0.2, 0) is 0 Å². The van der Waals surface area contributed by atoms with Crippen LogP contribution in [0.2, 0.25) is 0 Å². The molecule has 0 aliphatic carbocycles. The molecule has 0 amide bonds. The first-order chi connectivity index (χ1) is 6.56. The number of hydrogen-bond acceptors (Lipinski definition) is 4. The van der Waals surface area contributed by atoms with Gasteiger partial charge in [0, 0.05) is 0 Å². The van der Waals surface area contributed by atoms with Gasteiger partial charge in [0.2, 0.25) is 5.78 Å². The standard InChI is InChI=1S/C9H6BrNO2S/c1-5(12)6(4-11)9(13)7-2-3-8(10)14-7/h2-3,12H,1H3/b6-5-. The van der Waals surface area contributed by atoms with Crippen molar-refractivity contribution in [3.05, 3.63) is 32.1 Å². The van der Waals surface area contributed by atoms with Gasteiger partial charge in [-0.2, -0.15) is 5.26 Å². The lowest BCUT2D eigenvalue weighted by atomic mass is 10.1. The number of nitrogens with zero attached hydrogens (tertiary/aromatic N) is 1. The molecule has 0 fully saturated rings. The van der Waals surface area contributed by atoms with Crippen molar-refractivity contribution < 1.29 is 9.90 Å². The zero-order valence-corrected chi connectivity index (χ0v) is 9.65. The lowest BCUT2D eigenvalue weighted by Gasteiger charge is -1.95. The van der Waals surface area contributed by atoms with E-state index in [1.54, 1.807) is 18.2 Å². The van der Waals surface area contributed by atoms with E-state index in [1.165, 1.54) is 18.3 Å². The van der Waals surface area contributed by atoms with Crippen LogP contribution < -0.4 is 0 Å². The van der Waals surface area contributed by atoms with Crippen molar-refractivity contribution in [2.75, 3.05) is 0 Å². The second-order valence-corrected chi connectivity index (χ2v) is 4.97. The molecule has 5 heteroatoms. The van der Waals surface area contributed by atoms with Gasteiger partial charge in [0.05, 0.1) is 8.66 Å². The van der Waals surface area contributed by atoms with E-state index in [-0.39, 0.29) is 11.3 Å². The fourth-order valence-electron chi connectivity index (χ4n) is 0.856. The minimum absolute atomic E-state index is 0.209. The third kappa shape index (κ3) is 2.22. The average Bonchev–Trinajstić information content (AvgIpc) is 2.52. The molecule has 1 rings (SSSR count). The van der Waals surface area contributed by atoms with Crippen LogP contribution >= 0.6 is 27.3 Å². The van der Waals surface area contributed by atoms with Crippen molar-refractivity contribution >= 4 is 33.0 Å². The van der Waals surface area contributed by atoms with Gasteiger partial charge in [-0.25, -0.2) is 0 Å². The highest BCUT2D eigenvalue weighted by molar-refractivity contribution is 9.11. The van der Waals surface area contributed by atoms with Crippen LogP contribution in [0.25, 0.3) is 0 Å². The van der Waals surface area contributed by atoms with Gasteiger partial charge in [0.25, 0.3) is 0 Å². The highest BCUT2D eigenvalue weighted by Crippen LogP contribution is 2.24. The Bertz CT molecular complexity index is 438. The van der Waals surface area contributed by atoms with Crippen molar-refractivity contribution in [2.45, 2.75) is 6.92 Å². The first-order valence-corrected chi connectivity index (χ1v) is 5.27. The SMILES string of the molecule is C/C(O)=C(\C#N)C(=O)c1ccc(Br)s1. The molecule has 72 valence electrons. The van der Waals surface area contributed by atoms with E-state index < -0.39 is 5.78 Å². The third-order valence-electron chi connectivity index (χ3n) is 1.50. The van der Waals surface area contributed by atoms with Crippen molar-refractivity contribution in [2.24, 2.45) is 0 Å². The molecule has 1 heterocycles. The van der Waals surface area contributed by atoms with Crippen LogP contribution in [0.5, 0.6) is 0 Å². The maximum absolute atomic E-state index is 11.6. The molecule has 0 saturated carbocycles. The van der Waals surface area contributed by atoms with Gasteiger partial charge in [-0.05, 0) is 35.0 Å². The van der Waals surface area contributed by atoms with Gasteiger partial charge in [0.15, 0.2) is 0 Å². The van der Waals surface area contributed by atoms with E-state index in [9.17, 15) is 4.79 Å². The number of hydrogen-bond donors (Lipinski definition) is 1. The van der Waals surface area contributed by atoms with E-state index >= 15 is 0 Å². The van der Waals surface area contributed by atoms with Crippen LogP contribution in [0.1, 0.15) is 16.6 Å². The maximum Gasteiger partial charge on any atom is 0.216 e. The molecule has 0 unspecified atom stereocenters. The van der Waals surface area contributed by atoms with E-state index in [1.807, 2.05) is 0 Å². The third-order valence-corrected chi connectivity index (χ3v) is 3.12. The Morgan fingerprint density at radius 1 is 1.64 bits per heavy atom. The molecular weight excluding hydrogens is 266 g/mol. The van der Waals surface area contributed by atoms with Crippen LogP contribution in [0.3, 0.4) is 0 Å². The summed E-state index contributed by atoms with van der Waals surface area (Å²) < 4.78 is 0.814. The Morgan fingerprint density at radius 2 is 2.29 bits per heavy atom. The summed E-state index contributed by atoms with van der Waals surface area (Å²) in [4.78, 5) is 12.0. The highest BCUT2D eigenvalue weighted by Gasteiger charge is 2.16. The van der Waals surface area contributed by atoms with Crippen LogP contribution in [-0.4, -0.2) is 10.9 Å². The Kier molecular flexibility index (Phi) is 3.44. The fourth-order valence-corrected chi connectivity index (χ4v) is 2.19. The Hall–Kier alpha value is -1.12. The lowest BCUT2D eigenvalue weighted by molar-refractivity contribution is 0.103. The van der Waals surface area contributed by atoms with Crippen LogP contribution in [0.15, 0.2) is 27.3 Å². The highest BCUT2D eigenvalue weighted by atomic mass is 79.9. The number of thiophene rings is 1. The summed E-state index contributed by atoms with van der Waals surface area (Å²) in [5, 5.41) is 17.7. The van der Waals surface area contributed by atoms with Gasteiger partial charge >= 0.3 is 0 Å². The van der Waals surface area contributed by atoms with Crippen LogP contribution in [0.4, 0.5) is 0 Å². The van der Waals surface area contributed by atoms with E-state index in [0.29, 0.717) is 4.88 Å². The summed E-state index contributed by atoms with van der Waals surface area (Å²) in [5.74, 6) is -0.690. The smallest absolute Gasteiger partial charge is 0.216 e. The summed E-state index contributed by atoms with van der Waals surface area (Å²) in [6.45, 7) is 1.32. The molecular formula is C9H6BrNO2S. The zero-order chi connectivity index (χ0) is 10.7. The predicted octanol–water partition coefficient (Wildman–Crippen LogP) is 3.05. The Labute approximate surface area is 93.4 Å². The van der Waals surface area contributed by atoms with Crippen molar-refractivity contribution in [3.8, 4) is 6.07 Å². The molecule has 14 heavy (non-hydrogen) atoms. The molecule has 1 N–H and O–H groups in total. The molecule has 0 atom stereocenters. The van der Waals surface area contributed by atoms with Gasteiger partial charge in [-0.1, -0.05) is 0 Å². The lowest BCUT2D eigenvalue weighted by Crippen LogP contribution is -2.01. The molecule has 0 aliphatic heterocycles. The quantitative estimate of drug-likeness (QED) is 0.389. The maximum atomic E-state index is 11.6. The Morgan fingerprint density at radius 3 is 2.64 bits per heavy atom. The molecule has 0 bridgehead atoms. The average molecular weight is 272 g/mol. The molecule has 1 aromatic rings. The first kappa shape index (κ1) is 11.0. The number of Topliss-reactive ketones (excluding diaryl/α,β-unsaturated/α-hetero) is 1. The number of aliphatic hydroxyl groups excluding tert-OH is 1. The second kappa shape index (κ2) is 4.40. The summed E-state index contributed by atoms with van der Waals surface area (Å²) >= 11 is 4.44. The number of nitriles is 1. The van der Waals surface area contributed by atoms with E-state index in [4.69, 9.17) is 10.4 Å². The van der Waals surface area contributed by atoms with E-state index in [0.717, 1.165) is 3.79 Å². The molecule has 0 saturated heterocycles. The van der Waals surface area contributed by atoms with Crippen molar-refractivity contribution in [1.82, 2.24) is 0 Å². The number of carbonyl (C=O) groups is 1. The fraction of sp³-hybridized carbons (Fsp3) is 0.111. The largest absolute Gasteiger partial charge is 0.511 e. The number of halogens is 1. The van der Waals surface area contributed by atoms with Gasteiger partial charge in [-0.15, -0.1) is 11.3 Å². The van der Waals surface area contributed by atoms with Crippen LogP contribution in [0, 0.1) is 11.3 Å². The number of carbonyl (C=O) groups excluding carboxylic acids is 1. The molecule has 0 aliphatic rings. The molecule has 0 radical (unpaired) electrons. The monoisotopic (exact) mass is 271 g/mol. The molecule has 1 aromatic heterocycles. The van der Waals surface area contributed by atoms with Gasteiger partial charge in [-0.3, -0.25) is 4.79 Å². The zero-order valence-electron chi connectivity index (χ0n) is 7.24. The molecule has 0 aromatic carbocycles. The summed E-state index contributed by atoms with van der Waals surface area (Å²) in [6.07, 6.45) is 0. The van der Waals surface area contributed by atoms with Crippen molar-refractivity contribution in [1.29, 1.82) is 5.26 Å². The van der Waals surface area contributed by atoms with E-state index in [2.05, 4.69) is 15.9 Å². The normalized spacial score (nSPS) is 11.8. The summed E-state index contributed by atoms with van der Waals surface area (Å²) in [5.41, 5.74) is -0.209. The number of ketones is 1. The van der Waals surface area contributed by atoms with Crippen molar-refractivity contribution in [3.63, 3.8) is 0 Å². The van der Waals surface area contributed by atoms with Gasteiger partial charge < -0.3 is 5.11 Å². The number of rotatable bonds is 2. The second-order valence-electron chi connectivity index (χ2n) is 2.51. The molecule has 0 spiro atoms. The Balaban J connectivity index is 3.09. The van der Waals surface area contributed by atoms with Gasteiger partial charge in [0.1, 0.15) is 17.4 Å². The minimum atomic E-state index is -0.441. The number of allylic oxidation sites excluding steroid dienone is 2. The summed E-state index contributed by atoms with van der Waals surface area (Å²) in [6, 6.07) is 5.01. The first-order valence-electron chi connectivity index (χ1n) is 3.66.